The van der Waals surface area contributed by atoms with Crippen LogP contribution in [-0.4, -0.2) is 48.0 Å². The molecule has 1 amide bonds. The van der Waals surface area contributed by atoms with E-state index in [1.807, 2.05) is 60.6 Å². The van der Waals surface area contributed by atoms with Gasteiger partial charge in [-0.3, -0.25) is 0 Å². The van der Waals surface area contributed by atoms with Crippen molar-refractivity contribution in [3.8, 4) is 0 Å². The van der Waals surface area contributed by atoms with E-state index in [1.54, 1.807) is 4.90 Å². The fraction of sp³-hybridized carbons (Fsp3) is 0.762. The molecule has 0 aromatic carbocycles. The number of furan rings is 1. The third kappa shape index (κ3) is 4.25. The van der Waals surface area contributed by atoms with Gasteiger partial charge in [0.15, 0.2) is 0 Å². The third-order valence-electron chi connectivity index (χ3n) is 6.06. The van der Waals surface area contributed by atoms with Crippen LogP contribution in [-0.2, 0) is 14.0 Å². The third-order valence-corrected chi connectivity index (χ3v) is 6.06. The summed E-state index contributed by atoms with van der Waals surface area (Å²) >= 11 is 0. The Bertz CT molecular complexity index is 705. The van der Waals surface area contributed by atoms with Gasteiger partial charge in [0.25, 0.3) is 0 Å². The lowest BCUT2D eigenvalue weighted by atomic mass is 9.85. The molecule has 6 nitrogen and oxygen atoms in total. The molecule has 0 radical (unpaired) electrons. The maximum atomic E-state index is 12.3. The van der Waals surface area contributed by atoms with Crippen LogP contribution in [0.2, 0.25) is 0 Å². The van der Waals surface area contributed by atoms with E-state index >= 15 is 0 Å². The number of hydrogen-bond acceptors (Lipinski definition) is 5. The summed E-state index contributed by atoms with van der Waals surface area (Å²) in [5.41, 5.74) is -0.557. The summed E-state index contributed by atoms with van der Waals surface area (Å²) < 4.78 is 23.8. The SMILES string of the molecule is CC1CN(C(=O)OC(C)(C)C)CCC1c1ccc(B2OC(C)(C)C(C)(C)O2)o1. The van der Waals surface area contributed by atoms with E-state index in [0.29, 0.717) is 18.7 Å². The Kier molecular flexibility index (Phi) is 5.39. The van der Waals surface area contributed by atoms with Crippen molar-refractivity contribution in [3.63, 3.8) is 0 Å². The second kappa shape index (κ2) is 7.10. The number of rotatable bonds is 2. The van der Waals surface area contributed by atoms with Gasteiger partial charge >= 0.3 is 13.2 Å². The molecule has 0 N–H and O–H groups in total. The molecule has 2 saturated heterocycles. The standard InChI is InChI=1S/C21H34BNO5/c1-14-13-23(18(24)26-19(2,3)4)12-11-15(14)16-9-10-17(25-16)22-27-20(5,6)21(7,8)28-22/h9-10,14-15H,11-13H2,1-8H3. The molecule has 0 bridgehead atoms. The molecule has 1 aromatic rings. The van der Waals surface area contributed by atoms with E-state index in [-0.39, 0.29) is 17.9 Å². The van der Waals surface area contributed by atoms with Crippen LogP contribution in [0.1, 0.15) is 73.5 Å². The average Bonchev–Trinajstić information content (AvgIpc) is 3.08. The van der Waals surface area contributed by atoms with Crippen LogP contribution in [0, 0.1) is 5.92 Å². The zero-order chi connectivity index (χ0) is 20.9. The summed E-state index contributed by atoms with van der Waals surface area (Å²) in [7, 11) is -0.490. The number of likely N-dealkylation sites (tertiary alicyclic amines) is 1. The number of piperidine rings is 1. The second-order valence-electron chi connectivity index (χ2n) is 10.1. The van der Waals surface area contributed by atoms with Crippen molar-refractivity contribution in [2.45, 2.75) is 84.5 Å². The van der Waals surface area contributed by atoms with Gasteiger partial charge in [-0.1, -0.05) is 6.92 Å². The van der Waals surface area contributed by atoms with Crippen LogP contribution in [0.5, 0.6) is 0 Å². The Balaban J connectivity index is 1.64. The molecule has 0 aliphatic carbocycles. The molecule has 1 aromatic heterocycles. The van der Waals surface area contributed by atoms with Crippen molar-refractivity contribution in [2.24, 2.45) is 5.92 Å². The topological polar surface area (TPSA) is 61.1 Å². The van der Waals surface area contributed by atoms with Gasteiger partial charge in [-0.25, -0.2) is 4.79 Å². The number of nitrogens with zero attached hydrogens (tertiary/aromatic N) is 1. The quantitative estimate of drug-likeness (QED) is 0.715. The predicted molar refractivity (Wildman–Crippen MR) is 109 cm³/mol. The lowest BCUT2D eigenvalue weighted by molar-refractivity contribution is 0.00578. The number of hydrogen-bond donors (Lipinski definition) is 0. The van der Waals surface area contributed by atoms with Gasteiger partial charge in [0, 0.05) is 19.0 Å². The van der Waals surface area contributed by atoms with Gasteiger partial charge < -0.3 is 23.4 Å². The van der Waals surface area contributed by atoms with E-state index in [0.717, 1.165) is 12.2 Å². The maximum absolute atomic E-state index is 12.3. The fourth-order valence-electron chi connectivity index (χ4n) is 3.71. The van der Waals surface area contributed by atoms with Crippen molar-refractivity contribution in [1.29, 1.82) is 0 Å². The van der Waals surface area contributed by atoms with Crippen LogP contribution in [0.15, 0.2) is 16.5 Å². The molecular weight excluding hydrogens is 357 g/mol. The Morgan fingerprint density at radius 1 is 1.18 bits per heavy atom. The van der Waals surface area contributed by atoms with E-state index < -0.39 is 23.9 Å². The van der Waals surface area contributed by atoms with Gasteiger partial charge in [-0.15, -0.1) is 0 Å². The highest BCUT2D eigenvalue weighted by Gasteiger charge is 2.53. The number of ether oxygens (including phenoxy) is 1. The summed E-state index contributed by atoms with van der Waals surface area (Å²) in [6.07, 6.45) is 0.603. The highest BCUT2D eigenvalue weighted by atomic mass is 16.7. The number of carbonyl (C=O) groups is 1. The fourth-order valence-corrected chi connectivity index (χ4v) is 3.71. The Hall–Kier alpha value is -1.47. The minimum absolute atomic E-state index is 0.241. The highest BCUT2D eigenvalue weighted by molar-refractivity contribution is 6.60. The molecule has 28 heavy (non-hydrogen) atoms. The van der Waals surface area contributed by atoms with E-state index in [2.05, 4.69) is 6.92 Å². The second-order valence-corrected chi connectivity index (χ2v) is 10.1. The smallest absolute Gasteiger partial charge is 0.469 e. The van der Waals surface area contributed by atoms with Crippen molar-refractivity contribution in [2.75, 3.05) is 13.1 Å². The van der Waals surface area contributed by atoms with E-state index in [9.17, 15) is 4.79 Å². The molecule has 0 saturated carbocycles. The first-order valence-corrected chi connectivity index (χ1v) is 10.2. The molecule has 7 heteroatoms. The normalized spacial score (nSPS) is 27.1. The number of carbonyl (C=O) groups excluding carboxylic acids is 1. The molecule has 3 rings (SSSR count). The first kappa shape index (κ1) is 21.2. The Morgan fingerprint density at radius 3 is 2.32 bits per heavy atom. The Labute approximate surface area is 169 Å². The lowest BCUT2D eigenvalue weighted by Gasteiger charge is -2.36. The first-order chi connectivity index (χ1) is 12.8. The predicted octanol–water partition coefficient (Wildman–Crippen LogP) is 3.94. The number of amides is 1. The lowest BCUT2D eigenvalue weighted by Crippen LogP contribution is -2.44. The summed E-state index contributed by atoms with van der Waals surface area (Å²) in [6, 6.07) is 3.97. The molecule has 3 heterocycles. The molecule has 2 aliphatic rings. The van der Waals surface area contributed by atoms with Crippen LogP contribution < -0.4 is 5.66 Å². The van der Waals surface area contributed by atoms with Gasteiger partial charge in [-0.2, -0.15) is 0 Å². The first-order valence-electron chi connectivity index (χ1n) is 10.2. The summed E-state index contributed by atoms with van der Waals surface area (Å²) in [5.74, 6) is 1.47. The molecule has 2 unspecified atom stereocenters. The summed E-state index contributed by atoms with van der Waals surface area (Å²) in [4.78, 5) is 14.1. The minimum atomic E-state index is -0.490. The Morgan fingerprint density at radius 2 is 1.79 bits per heavy atom. The molecule has 2 atom stereocenters. The zero-order valence-corrected chi connectivity index (χ0v) is 18.5. The molecule has 0 spiro atoms. The molecular formula is C21H34BNO5. The summed E-state index contributed by atoms with van der Waals surface area (Å²) in [5, 5.41) is 0. The zero-order valence-electron chi connectivity index (χ0n) is 18.5. The van der Waals surface area contributed by atoms with Crippen LogP contribution in [0.4, 0.5) is 4.79 Å². The van der Waals surface area contributed by atoms with Gasteiger partial charge in [0.05, 0.1) is 11.2 Å². The van der Waals surface area contributed by atoms with Crippen LogP contribution in [0.25, 0.3) is 0 Å². The van der Waals surface area contributed by atoms with E-state index in [4.69, 9.17) is 18.5 Å². The molecule has 156 valence electrons. The van der Waals surface area contributed by atoms with Crippen LogP contribution in [0.3, 0.4) is 0 Å². The molecule has 2 fully saturated rings. The van der Waals surface area contributed by atoms with Gasteiger partial charge in [-0.05, 0) is 72.9 Å². The van der Waals surface area contributed by atoms with Crippen molar-refractivity contribution < 1.29 is 23.3 Å². The minimum Gasteiger partial charge on any atom is -0.469 e. The van der Waals surface area contributed by atoms with Crippen molar-refractivity contribution in [1.82, 2.24) is 4.90 Å². The highest BCUT2D eigenvalue weighted by Crippen LogP contribution is 2.38. The average molecular weight is 391 g/mol. The maximum Gasteiger partial charge on any atom is 0.532 e. The van der Waals surface area contributed by atoms with E-state index in [1.165, 1.54) is 0 Å². The van der Waals surface area contributed by atoms with Gasteiger partial charge in [0.2, 0.25) is 0 Å². The molecule has 2 aliphatic heterocycles. The largest absolute Gasteiger partial charge is 0.532 e. The van der Waals surface area contributed by atoms with Crippen LogP contribution >= 0.6 is 0 Å². The van der Waals surface area contributed by atoms with Crippen molar-refractivity contribution in [3.05, 3.63) is 17.9 Å². The van der Waals surface area contributed by atoms with Crippen molar-refractivity contribution >= 4 is 18.9 Å². The monoisotopic (exact) mass is 391 g/mol. The summed E-state index contributed by atoms with van der Waals surface area (Å²) in [6.45, 7) is 17.3. The van der Waals surface area contributed by atoms with Gasteiger partial charge in [0.1, 0.15) is 17.0 Å².